The zero-order valence-corrected chi connectivity index (χ0v) is 14.8. The molecule has 2 aliphatic heterocycles. The van der Waals surface area contributed by atoms with Crippen LogP contribution in [0, 0.1) is 6.92 Å². The molecule has 27 heavy (non-hydrogen) atoms. The van der Waals surface area contributed by atoms with E-state index in [4.69, 9.17) is 18.9 Å². The van der Waals surface area contributed by atoms with Gasteiger partial charge in [0.2, 0.25) is 18.2 Å². The minimum Gasteiger partial charge on any atom is -0.507 e. The lowest BCUT2D eigenvalue weighted by molar-refractivity contribution is -0.192. The van der Waals surface area contributed by atoms with E-state index in [1.807, 2.05) is 0 Å². The lowest BCUT2D eigenvalue weighted by Gasteiger charge is -2.46. The van der Waals surface area contributed by atoms with Crippen LogP contribution in [-0.2, 0) is 10.3 Å². The summed E-state index contributed by atoms with van der Waals surface area (Å²) in [6.45, 7) is 1.58. The third kappa shape index (κ3) is 2.14. The standard InChI is InChI=1S/C19H18O8/c1-8-11(24-2)7-12-13(14(8)21)16(22)19(23)9-5-4-6-10(20)15(9)27-18(25-3)17(19)26-12/h4-7,17-18,20-21,23H,1-3H3. The smallest absolute Gasteiger partial charge is 0.240 e. The Morgan fingerprint density at radius 2 is 1.93 bits per heavy atom. The van der Waals surface area contributed by atoms with Crippen LogP contribution >= 0.6 is 0 Å². The van der Waals surface area contributed by atoms with Crippen LogP contribution in [0.25, 0.3) is 0 Å². The Morgan fingerprint density at radius 1 is 1.19 bits per heavy atom. The number of aromatic hydroxyl groups is 2. The highest BCUT2D eigenvalue weighted by Crippen LogP contribution is 2.53. The van der Waals surface area contributed by atoms with Crippen LogP contribution in [0.2, 0.25) is 0 Å². The summed E-state index contributed by atoms with van der Waals surface area (Å²) in [5.74, 6) is -1.09. The number of hydrogen-bond donors (Lipinski definition) is 3. The number of methoxy groups -OCH3 is 2. The van der Waals surface area contributed by atoms with Gasteiger partial charge in [0, 0.05) is 24.3 Å². The van der Waals surface area contributed by atoms with Gasteiger partial charge in [0.25, 0.3) is 0 Å². The highest BCUT2D eigenvalue weighted by atomic mass is 16.7. The molecule has 3 N–H and O–H groups in total. The van der Waals surface area contributed by atoms with Crippen molar-refractivity contribution in [2.24, 2.45) is 0 Å². The molecule has 142 valence electrons. The maximum absolute atomic E-state index is 13.4. The van der Waals surface area contributed by atoms with E-state index in [1.165, 1.54) is 38.5 Å². The number of fused-ring (bicyclic) bond motifs is 4. The van der Waals surface area contributed by atoms with E-state index >= 15 is 0 Å². The van der Waals surface area contributed by atoms with Crippen molar-refractivity contribution in [1.29, 1.82) is 0 Å². The number of carbonyl (C=O) groups is 1. The second-order valence-corrected chi connectivity index (χ2v) is 6.44. The summed E-state index contributed by atoms with van der Waals surface area (Å²) in [4.78, 5) is 13.4. The number of rotatable bonds is 2. The van der Waals surface area contributed by atoms with Gasteiger partial charge < -0.3 is 34.3 Å². The summed E-state index contributed by atoms with van der Waals surface area (Å²) in [5.41, 5.74) is -2.03. The number of phenols is 2. The molecule has 8 heteroatoms. The topological polar surface area (TPSA) is 115 Å². The van der Waals surface area contributed by atoms with E-state index < -0.39 is 23.8 Å². The van der Waals surface area contributed by atoms with E-state index in [0.717, 1.165) is 0 Å². The second kappa shape index (κ2) is 5.77. The first kappa shape index (κ1) is 17.4. The van der Waals surface area contributed by atoms with Gasteiger partial charge in [-0.3, -0.25) is 4.79 Å². The van der Waals surface area contributed by atoms with Gasteiger partial charge in [-0.1, -0.05) is 12.1 Å². The number of para-hydroxylation sites is 1. The van der Waals surface area contributed by atoms with Crippen LogP contribution in [0.4, 0.5) is 0 Å². The van der Waals surface area contributed by atoms with Crippen LogP contribution in [0.5, 0.6) is 28.7 Å². The van der Waals surface area contributed by atoms with Crippen LogP contribution < -0.4 is 14.2 Å². The maximum atomic E-state index is 13.4. The molecule has 0 amide bonds. The predicted molar refractivity (Wildman–Crippen MR) is 91.6 cm³/mol. The molecular formula is C19H18O8. The maximum Gasteiger partial charge on any atom is 0.240 e. The number of carbonyl (C=O) groups excluding carboxylic acids is 1. The molecule has 0 saturated carbocycles. The van der Waals surface area contributed by atoms with Crippen LogP contribution in [0.15, 0.2) is 24.3 Å². The number of benzene rings is 2. The Hall–Kier alpha value is -2.97. The lowest BCUT2D eigenvalue weighted by Crippen LogP contribution is -2.62. The van der Waals surface area contributed by atoms with Gasteiger partial charge in [0.1, 0.15) is 22.8 Å². The van der Waals surface area contributed by atoms with E-state index in [-0.39, 0.29) is 34.1 Å². The van der Waals surface area contributed by atoms with E-state index in [9.17, 15) is 20.1 Å². The third-order valence-electron chi connectivity index (χ3n) is 5.05. The Labute approximate surface area is 154 Å². The molecule has 4 rings (SSSR count). The van der Waals surface area contributed by atoms with Crippen molar-refractivity contribution in [3.05, 3.63) is 41.0 Å². The van der Waals surface area contributed by atoms with E-state index in [2.05, 4.69) is 0 Å². The summed E-state index contributed by atoms with van der Waals surface area (Å²) in [6.07, 6.45) is -2.44. The Bertz CT molecular complexity index is 953. The fourth-order valence-electron chi connectivity index (χ4n) is 3.61. The normalized spacial score (nSPS) is 25.6. The minimum absolute atomic E-state index is 0.0318. The molecule has 2 aromatic rings. The largest absolute Gasteiger partial charge is 0.507 e. The molecule has 2 aromatic carbocycles. The summed E-state index contributed by atoms with van der Waals surface area (Å²) in [6, 6.07) is 5.76. The fraction of sp³-hybridized carbons (Fsp3) is 0.316. The SMILES string of the molecule is COc1cc2c(c(O)c1C)C(=O)C1(O)c3cccc(O)c3OC(OC)C1O2. The zero-order chi connectivity index (χ0) is 19.5. The van der Waals surface area contributed by atoms with Crippen molar-refractivity contribution >= 4 is 5.78 Å². The first-order valence-electron chi connectivity index (χ1n) is 8.20. The van der Waals surface area contributed by atoms with E-state index in [0.29, 0.717) is 11.3 Å². The van der Waals surface area contributed by atoms with Crippen LogP contribution in [0.3, 0.4) is 0 Å². The summed E-state index contributed by atoms with van der Waals surface area (Å²) < 4.78 is 21.9. The second-order valence-electron chi connectivity index (χ2n) is 6.44. The number of ketones is 1. The molecule has 2 heterocycles. The molecule has 2 aliphatic rings. The lowest BCUT2D eigenvalue weighted by atomic mass is 9.76. The van der Waals surface area contributed by atoms with Gasteiger partial charge in [-0.2, -0.15) is 0 Å². The highest BCUT2D eigenvalue weighted by Gasteiger charge is 2.61. The fourth-order valence-corrected chi connectivity index (χ4v) is 3.61. The van der Waals surface area contributed by atoms with Gasteiger partial charge in [-0.05, 0) is 13.0 Å². The van der Waals surface area contributed by atoms with E-state index in [1.54, 1.807) is 6.92 Å². The first-order chi connectivity index (χ1) is 12.8. The first-order valence-corrected chi connectivity index (χ1v) is 8.20. The number of ether oxygens (including phenoxy) is 4. The molecule has 0 radical (unpaired) electrons. The van der Waals surface area contributed by atoms with Gasteiger partial charge in [0.05, 0.1) is 7.11 Å². The van der Waals surface area contributed by atoms with Crippen molar-refractivity contribution < 1.29 is 39.1 Å². The van der Waals surface area contributed by atoms with Gasteiger partial charge in [-0.25, -0.2) is 0 Å². The third-order valence-corrected chi connectivity index (χ3v) is 5.05. The van der Waals surface area contributed by atoms with Gasteiger partial charge in [-0.15, -0.1) is 0 Å². The molecule has 0 fully saturated rings. The quantitative estimate of drug-likeness (QED) is 0.726. The molecule has 0 saturated heterocycles. The van der Waals surface area contributed by atoms with Crippen LogP contribution in [0.1, 0.15) is 21.5 Å². The van der Waals surface area contributed by atoms with Crippen molar-refractivity contribution in [2.75, 3.05) is 14.2 Å². The summed E-state index contributed by atoms with van der Waals surface area (Å²) in [7, 11) is 2.75. The zero-order valence-electron chi connectivity index (χ0n) is 14.8. The number of phenolic OH excluding ortho intramolecular Hbond substituents is 2. The van der Waals surface area contributed by atoms with Crippen molar-refractivity contribution in [3.8, 4) is 28.7 Å². The summed E-state index contributed by atoms with van der Waals surface area (Å²) >= 11 is 0. The molecule has 0 aliphatic carbocycles. The molecule has 0 bridgehead atoms. The van der Waals surface area contributed by atoms with Crippen molar-refractivity contribution in [3.63, 3.8) is 0 Å². The minimum atomic E-state index is -2.22. The Kier molecular flexibility index (Phi) is 3.72. The number of hydrogen-bond acceptors (Lipinski definition) is 8. The van der Waals surface area contributed by atoms with Crippen molar-refractivity contribution in [1.82, 2.24) is 0 Å². The molecule has 0 aromatic heterocycles. The highest BCUT2D eigenvalue weighted by molar-refractivity contribution is 6.09. The van der Waals surface area contributed by atoms with Crippen LogP contribution in [-0.4, -0.2) is 47.7 Å². The monoisotopic (exact) mass is 374 g/mol. The molecule has 0 spiro atoms. The molecular weight excluding hydrogens is 356 g/mol. The van der Waals surface area contributed by atoms with Gasteiger partial charge in [0.15, 0.2) is 17.1 Å². The predicted octanol–water partition coefficient (Wildman–Crippen LogP) is 1.61. The average Bonchev–Trinajstić information content (AvgIpc) is 2.66. The molecule has 8 nitrogen and oxygen atoms in total. The molecule has 3 atom stereocenters. The Balaban J connectivity index is 2.00. The van der Waals surface area contributed by atoms with Crippen molar-refractivity contribution in [2.45, 2.75) is 24.9 Å². The number of Topliss-reactive ketones (excluding diaryl/α,β-unsaturated/α-hetero) is 1. The Morgan fingerprint density at radius 3 is 2.59 bits per heavy atom. The molecule has 3 unspecified atom stereocenters. The average molecular weight is 374 g/mol. The van der Waals surface area contributed by atoms with Gasteiger partial charge >= 0.3 is 0 Å². The number of aliphatic hydroxyl groups is 1. The summed E-state index contributed by atoms with van der Waals surface area (Å²) in [5, 5.41) is 32.1.